The summed E-state index contributed by atoms with van der Waals surface area (Å²) < 4.78 is 28.4. The fourth-order valence-corrected chi connectivity index (χ4v) is 4.38. The Morgan fingerprint density at radius 2 is 2.05 bits per heavy atom. The number of nitrogens with one attached hydrogen (secondary N) is 1. The summed E-state index contributed by atoms with van der Waals surface area (Å²) in [6, 6.07) is 8.37. The van der Waals surface area contributed by atoms with E-state index in [2.05, 4.69) is 24.4 Å². The summed E-state index contributed by atoms with van der Waals surface area (Å²) >= 11 is 0. The molecule has 2 unspecified atom stereocenters. The van der Waals surface area contributed by atoms with Crippen molar-refractivity contribution in [1.29, 1.82) is 0 Å². The molecular formula is C15H23NO3S. The highest BCUT2D eigenvalue weighted by atomic mass is 32.2. The maximum absolute atomic E-state index is 11.6. The average Bonchev–Trinajstić information content (AvgIpc) is 2.38. The number of sulfone groups is 1. The lowest BCUT2D eigenvalue weighted by Gasteiger charge is -2.26. The number of benzene rings is 1. The van der Waals surface area contributed by atoms with Crippen molar-refractivity contribution < 1.29 is 13.2 Å². The van der Waals surface area contributed by atoms with E-state index >= 15 is 0 Å². The van der Waals surface area contributed by atoms with Gasteiger partial charge in [0, 0.05) is 12.1 Å². The van der Waals surface area contributed by atoms with E-state index in [1.165, 1.54) is 5.56 Å². The van der Waals surface area contributed by atoms with Crippen LogP contribution < -0.4 is 10.1 Å². The molecule has 5 heteroatoms. The van der Waals surface area contributed by atoms with Crippen molar-refractivity contribution in [3.8, 4) is 5.75 Å². The first kappa shape index (κ1) is 15.3. The van der Waals surface area contributed by atoms with E-state index in [1.807, 2.05) is 12.1 Å². The van der Waals surface area contributed by atoms with Crippen molar-refractivity contribution in [1.82, 2.24) is 5.32 Å². The van der Waals surface area contributed by atoms with Gasteiger partial charge in [0.15, 0.2) is 9.84 Å². The number of hydrogen-bond donors (Lipinski definition) is 1. The molecular weight excluding hydrogens is 274 g/mol. The molecule has 2 atom stereocenters. The van der Waals surface area contributed by atoms with Crippen LogP contribution in [0.2, 0.25) is 0 Å². The van der Waals surface area contributed by atoms with Gasteiger partial charge in [-0.1, -0.05) is 12.1 Å². The Balaban J connectivity index is 1.86. The zero-order valence-corrected chi connectivity index (χ0v) is 12.9. The van der Waals surface area contributed by atoms with Crippen LogP contribution in [-0.4, -0.2) is 39.1 Å². The predicted molar refractivity (Wildman–Crippen MR) is 81.0 cm³/mol. The predicted octanol–water partition coefficient (Wildman–Crippen LogP) is 1.79. The standard InChI is InChI=1S/C15H23NO3S/c1-12(10-13-5-7-15(19-2)8-6-13)16-14-4-3-9-20(17,18)11-14/h5-8,12,14,16H,3-4,9-11H2,1-2H3. The van der Waals surface area contributed by atoms with E-state index < -0.39 is 9.84 Å². The van der Waals surface area contributed by atoms with Gasteiger partial charge in [-0.2, -0.15) is 0 Å². The monoisotopic (exact) mass is 297 g/mol. The molecule has 1 aliphatic rings. The fraction of sp³-hybridized carbons (Fsp3) is 0.600. The molecule has 1 fully saturated rings. The van der Waals surface area contributed by atoms with E-state index in [0.29, 0.717) is 5.75 Å². The Bertz CT molecular complexity index is 525. The van der Waals surface area contributed by atoms with Crippen LogP contribution in [0.3, 0.4) is 0 Å². The zero-order chi connectivity index (χ0) is 14.6. The third-order valence-electron chi connectivity index (χ3n) is 3.68. The van der Waals surface area contributed by atoms with Crippen LogP contribution in [0.25, 0.3) is 0 Å². The summed E-state index contributed by atoms with van der Waals surface area (Å²) in [5.74, 6) is 1.48. The molecule has 0 radical (unpaired) electrons. The maximum atomic E-state index is 11.6. The second-order valence-electron chi connectivity index (χ2n) is 5.57. The van der Waals surface area contributed by atoms with Crippen molar-refractivity contribution in [2.24, 2.45) is 0 Å². The average molecular weight is 297 g/mol. The van der Waals surface area contributed by atoms with Gasteiger partial charge in [-0.3, -0.25) is 0 Å². The van der Waals surface area contributed by atoms with Crippen molar-refractivity contribution in [2.45, 2.75) is 38.3 Å². The van der Waals surface area contributed by atoms with Crippen LogP contribution in [0.5, 0.6) is 5.75 Å². The molecule has 0 amide bonds. The molecule has 0 spiro atoms. The number of rotatable bonds is 5. The maximum Gasteiger partial charge on any atom is 0.151 e. The van der Waals surface area contributed by atoms with E-state index in [9.17, 15) is 8.42 Å². The topological polar surface area (TPSA) is 55.4 Å². The van der Waals surface area contributed by atoms with Crippen LogP contribution in [-0.2, 0) is 16.3 Å². The van der Waals surface area contributed by atoms with Gasteiger partial charge in [0.1, 0.15) is 5.75 Å². The number of ether oxygens (including phenoxy) is 1. The van der Waals surface area contributed by atoms with Crippen LogP contribution in [0.4, 0.5) is 0 Å². The molecule has 0 aromatic heterocycles. The fourth-order valence-electron chi connectivity index (χ4n) is 2.73. The summed E-state index contributed by atoms with van der Waals surface area (Å²) in [5.41, 5.74) is 1.23. The van der Waals surface area contributed by atoms with E-state index in [-0.39, 0.29) is 17.8 Å². The van der Waals surface area contributed by atoms with Crippen LogP contribution >= 0.6 is 0 Å². The molecule has 1 aliphatic heterocycles. The molecule has 20 heavy (non-hydrogen) atoms. The normalized spacial score (nSPS) is 23.2. The first-order valence-corrected chi connectivity index (χ1v) is 8.90. The van der Waals surface area contributed by atoms with E-state index in [1.54, 1.807) is 7.11 Å². The molecule has 1 saturated heterocycles. The Hall–Kier alpha value is -1.07. The summed E-state index contributed by atoms with van der Waals surface area (Å²) in [5, 5.41) is 3.44. The molecule has 0 aliphatic carbocycles. The lowest BCUT2D eigenvalue weighted by molar-refractivity contribution is 0.413. The number of methoxy groups -OCH3 is 1. The second-order valence-corrected chi connectivity index (χ2v) is 7.80. The molecule has 0 saturated carbocycles. The minimum absolute atomic E-state index is 0.0991. The minimum atomic E-state index is -2.84. The molecule has 1 heterocycles. The summed E-state index contributed by atoms with van der Waals surface area (Å²) in [7, 11) is -1.18. The first-order chi connectivity index (χ1) is 9.48. The van der Waals surface area contributed by atoms with Gasteiger partial charge < -0.3 is 10.1 Å². The third kappa shape index (κ3) is 4.49. The molecule has 1 aromatic rings. The van der Waals surface area contributed by atoms with Gasteiger partial charge in [0.2, 0.25) is 0 Å². The number of hydrogen-bond acceptors (Lipinski definition) is 4. The van der Waals surface area contributed by atoms with Gasteiger partial charge in [-0.25, -0.2) is 8.42 Å². The second kappa shape index (κ2) is 6.59. The van der Waals surface area contributed by atoms with E-state index in [0.717, 1.165) is 25.0 Å². The quantitative estimate of drug-likeness (QED) is 0.900. The van der Waals surface area contributed by atoms with Crippen LogP contribution in [0, 0.1) is 0 Å². The Morgan fingerprint density at radius 3 is 2.65 bits per heavy atom. The highest BCUT2D eigenvalue weighted by Gasteiger charge is 2.25. The van der Waals surface area contributed by atoms with Crippen LogP contribution in [0.15, 0.2) is 24.3 Å². The van der Waals surface area contributed by atoms with Crippen LogP contribution in [0.1, 0.15) is 25.3 Å². The summed E-state index contributed by atoms with van der Waals surface area (Å²) in [4.78, 5) is 0. The largest absolute Gasteiger partial charge is 0.497 e. The van der Waals surface area contributed by atoms with Crippen molar-refractivity contribution in [3.05, 3.63) is 29.8 Å². The van der Waals surface area contributed by atoms with Gasteiger partial charge >= 0.3 is 0 Å². The van der Waals surface area contributed by atoms with Gasteiger partial charge in [0.25, 0.3) is 0 Å². The molecule has 2 rings (SSSR count). The molecule has 1 aromatic carbocycles. The summed E-state index contributed by atoms with van der Waals surface area (Å²) in [6.07, 6.45) is 2.61. The Kier molecular flexibility index (Phi) is 5.05. The van der Waals surface area contributed by atoms with Crippen molar-refractivity contribution >= 4 is 9.84 Å². The Morgan fingerprint density at radius 1 is 1.35 bits per heavy atom. The van der Waals surface area contributed by atoms with Gasteiger partial charge in [0.05, 0.1) is 18.6 Å². The smallest absolute Gasteiger partial charge is 0.151 e. The molecule has 4 nitrogen and oxygen atoms in total. The zero-order valence-electron chi connectivity index (χ0n) is 12.1. The first-order valence-electron chi connectivity index (χ1n) is 7.08. The van der Waals surface area contributed by atoms with Crippen molar-refractivity contribution in [3.63, 3.8) is 0 Å². The SMILES string of the molecule is COc1ccc(CC(C)NC2CCCS(=O)(=O)C2)cc1. The highest BCUT2D eigenvalue weighted by Crippen LogP contribution is 2.15. The molecule has 1 N–H and O–H groups in total. The molecule has 0 bridgehead atoms. The highest BCUT2D eigenvalue weighted by molar-refractivity contribution is 7.91. The lowest BCUT2D eigenvalue weighted by atomic mass is 10.1. The Labute approximate surface area is 121 Å². The minimum Gasteiger partial charge on any atom is -0.497 e. The van der Waals surface area contributed by atoms with E-state index in [4.69, 9.17) is 4.74 Å². The van der Waals surface area contributed by atoms with Gasteiger partial charge in [-0.15, -0.1) is 0 Å². The van der Waals surface area contributed by atoms with Crippen molar-refractivity contribution in [2.75, 3.05) is 18.6 Å². The molecule has 112 valence electrons. The summed E-state index contributed by atoms with van der Waals surface area (Å²) in [6.45, 7) is 2.10. The lowest BCUT2D eigenvalue weighted by Crippen LogP contribution is -2.44. The van der Waals surface area contributed by atoms with Gasteiger partial charge in [-0.05, 0) is 43.9 Å². The third-order valence-corrected chi connectivity index (χ3v) is 5.51.